The van der Waals surface area contributed by atoms with Crippen LogP contribution in [0.3, 0.4) is 0 Å². The molecule has 0 saturated carbocycles. The van der Waals surface area contributed by atoms with Crippen molar-refractivity contribution in [2.75, 3.05) is 19.3 Å². The quantitative estimate of drug-likeness (QED) is 0.866. The molecule has 108 valence electrons. The van der Waals surface area contributed by atoms with Crippen molar-refractivity contribution in [2.45, 2.75) is 32.2 Å². The Labute approximate surface area is 116 Å². The third-order valence-corrected chi connectivity index (χ3v) is 5.85. The molecule has 1 aromatic rings. The van der Waals surface area contributed by atoms with Crippen LogP contribution in [0.5, 0.6) is 0 Å². The highest BCUT2D eigenvalue weighted by Crippen LogP contribution is 2.22. The zero-order chi connectivity index (χ0) is 14.7. The zero-order valence-corrected chi connectivity index (χ0v) is 12.9. The topological polar surface area (TPSA) is 63.4 Å². The van der Waals surface area contributed by atoms with E-state index in [-0.39, 0.29) is 11.7 Å². The SMILES string of the molecule is CC(CS(=O)(=O)N(C)C(C)(C)CN)c1ccccc1. The normalized spacial score (nSPS) is 14.6. The van der Waals surface area contributed by atoms with Gasteiger partial charge in [-0.3, -0.25) is 0 Å². The molecule has 0 saturated heterocycles. The van der Waals surface area contributed by atoms with Crippen molar-refractivity contribution >= 4 is 10.0 Å². The second-order valence-electron chi connectivity index (χ2n) is 5.57. The average Bonchev–Trinajstić information content (AvgIpc) is 2.38. The van der Waals surface area contributed by atoms with E-state index < -0.39 is 15.6 Å². The molecule has 1 unspecified atom stereocenters. The summed E-state index contributed by atoms with van der Waals surface area (Å²) in [6.07, 6.45) is 0. The number of nitrogens with zero attached hydrogens (tertiary/aromatic N) is 1. The van der Waals surface area contributed by atoms with Gasteiger partial charge in [-0.2, -0.15) is 4.31 Å². The maximum absolute atomic E-state index is 12.4. The summed E-state index contributed by atoms with van der Waals surface area (Å²) in [5.74, 6) is 0.0546. The summed E-state index contributed by atoms with van der Waals surface area (Å²) in [4.78, 5) is 0. The fraction of sp³-hybridized carbons (Fsp3) is 0.571. The van der Waals surface area contributed by atoms with Crippen molar-refractivity contribution in [2.24, 2.45) is 5.73 Å². The van der Waals surface area contributed by atoms with Crippen LogP contribution < -0.4 is 5.73 Å². The summed E-state index contributed by atoms with van der Waals surface area (Å²) >= 11 is 0. The van der Waals surface area contributed by atoms with Gasteiger partial charge in [-0.15, -0.1) is 0 Å². The van der Waals surface area contributed by atoms with Crippen molar-refractivity contribution in [3.8, 4) is 0 Å². The van der Waals surface area contributed by atoms with E-state index >= 15 is 0 Å². The largest absolute Gasteiger partial charge is 0.329 e. The summed E-state index contributed by atoms with van der Waals surface area (Å²) in [5, 5.41) is 0. The molecular weight excluding hydrogens is 260 g/mol. The zero-order valence-electron chi connectivity index (χ0n) is 12.1. The molecule has 5 heteroatoms. The van der Waals surface area contributed by atoms with Crippen LogP contribution in [0.1, 0.15) is 32.3 Å². The number of benzene rings is 1. The van der Waals surface area contributed by atoms with Gasteiger partial charge in [0.25, 0.3) is 0 Å². The van der Waals surface area contributed by atoms with Gasteiger partial charge in [-0.1, -0.05) is 37.3 Å². The molecule has 0 fully saturated rings. The first-order chi connectivity index (χ1) is 8.70. The second kappa shape index (κ2) is 6.03. The van der Waals surface area contributed by atoms with Crippen LogP contribution >= 0.6 is 0 Å². The highest BCUT2D eigenvalue weighted by Gasteiger charge is 2.32. The van der Waals surface area contributed by atoms with E-state index in [0.717, 1.165) is 5.56 Å². The highest BCUT2D eigenvalue weighted by atomic mass is 32.2. The Morgan fingerprint density at radius 3 is 2.26 bits per heavy atom. The van der Waals surface area contributed by atoms with Gasteiger partial charge in [0.15, 0.2) is 0 Å². The number of sulfonamides is 1. The number of nitrogens with two attached hydrogens (primary N) is 1. The molecule has 1 atom stereocenters. The third kappa shape index (κ3) is 4.03. The van der Waals surface area contributed by atoms with Crippen molar-refractivity contribution in [3.63, 3.8) is 0 Å². The summed E-state index contributed by atoms with van der Waals surface area (Å²) in [6, 6.07) is 9.68. The van der Waals surface area contributed by atoms with Gasteiger partial charge >= 0.3 is 0 Å². The Bertz CT molecular complexity index is 497. The lowest BCUT2D eigenvalue weighted by Crippen LogP contribution is -2.50. The molecule has 0 bridgehead atoms. The van der Waals surface area contributed by atoms with Crippen molar-refractivity contribution < 1.29 is 8.42 Å². The first-order valence-corrected chi connectivity index (χ1v) is 8.03. The third-order valence-electron chi connectivity index (χ3n) is 3.60. The molecule has 0 aliphatic heterocycles. The Morgan fingerprint density at radius 2 is 1.79 bits per heavy atom. The van der Waals surface area contributed by atoms with E-state index in [1.807, 2.05) is 51.1 Å². The number of hydrogen-bond acceptors (Lipinski definition) is 3. The summed E-state index contributed by atoms with van der Waals surface area (Å²) in [7, 11) is -1.73. The smallest absolute Gasteiger partial charge is 0.214 e. The summed E-state index contributed by atoms with van der Waals surface area (Å²) in [5.41, 5.74) is 6.11. The van der Waals surface area contributed by atoms with Gasteiger partial charge in [-0.25, -0.2) is 8.42 Å². The van der Waals surface area contributed by atoms with Gasteiger partial charge in [0, 0.05) is 19.1 Å². The van der Waals surface area contributed by atoms with Crippen molar-refractivity contribution in [3.05, 3.63) is 35.9 Å². The van der Waals surface area contributed by atoms with Crippen LogP contribution in [0.2, 0.25) is 0 Å². The Hall–Kier alpha value is -0.910. The van der Waals surface area contributed by atoms with Gasteiger partial charge < -0.3 is 5.73 Å². The van der Waals surface area contributed by atoms with Crippen molar-refractivity contribution in [1.29, 1.82) is 0 Å². The fourth-order valence-electron chi connectivity index (χ4n) is 1.81. The van der Waals surface area contributed by atoms with E-state index in [9.17, 15) is 8.42 Å². The maximum atomic E-state index is 12.4. The van der Waals surface area contributed by atoms with Gasteiger partial charge in [-0.05, 0) is 25.3 Å². The maximum Gasteiger partial charge on any atom is 0.214 e. The predicted octanol–water partition coefficient (Wildman–Crippen LogP) is 1.79. The monoisotopic (exact) mass is 284 g/mol. The average molecular weight is 284 g/mol. The molecule has 2 N–H and O–H groups in total. The van der Waals surface area contributed by atoms with Gasteiger partial charge in [0.2, 0.25) is 10.0 Å². The lowest BCUT2D eigenvalue weighted by Gasteiger charge is -2.34. The van der Waals surface area contributed by atoms with E-state index in [1.165, 1.54) is 4.31 Å². The minimum Gasteiger partial charge on any atom is -0.329 e. The van der Waals surface area contributed by atoms with Crippen LogP contribution in [-0.2, 0) is 10.0 Å². The van der Waals surface area contributed by atoms with E-state index in [0.29, 0.717) is 6.54 Å². The van der Waals surface area contributed by atoms with Crippen LogP contribution in [-0.4, -0.2) is 37.6 Å². The molecule has 19 heavy (non-hydrogen) atoms. The number of likely N-dealkylation sites (N-methyl/N-ethyl adjacent to an activating group) is 1. The Kier molecular flexibility index (Phi) is 5.12. The first-order valence-electron chi connectivity index (χ1n) is 6.42. The van der Waals surface area contributed by atoms with Gasteiger partial charge in [0.1, 0.15) is 0 Å². The summed E-state index contributed by atoms with van der Waals surface area (Å²) < 4.78 is 26.2. The van der Waals surface area contributed by atoms with Crippen LogP contribution in [0.15, 0.2) is 30.3 Å². The van der Waals surface area contributed by atoms with Crippen LogP contribution in [0.4, 0.5) is 0 Å². The lowest BCUT2D eigenvalue weighted by atomic mass is 10.0. The molecule has 1 rings (SSSR count). The first kappa shape index (κ1) is 16.1. The lowest BCUT2D eigenvalue weighted by molar-refractivity contribution is 0.273. The molecule has 0 radical (unpaired) electrons. The molecule has 0 spiro atoms. The van der Waals surface area contributed by atoms with Crippen LogP contribution in [0, 0.1) is 0 Å². The standard InChI is InChI=1S/C14H24N2O2S/c1-12(13-8-6-5-7-9-13)10-19(17,18)16(4)14(2,3)11-15/h5-9,12H,10-11,15H2,1-4H3. The Balaban J connectivity index is 2.86. The number of rotatable bonds is 6. The van der Waals surface area contributed by atoms with Crippen LogP contribution in [0.25, 0.3) is 0 Å². The molecule has 0 aromatic heterocycles. The minimum atomic E-state index is -3.32. The van der Waals surface area contributed by atoms with E-state index in [2.05, 4.69) is 0 Å². The summed E-state index contributed by atoms with van der Waals surface area (Å²) in [6.45, 7) is 5.88. The number of hydrogen-bond donors (Lipinski definition) is 1. The molecule has 0 aliphatic rings. The molecule has 0 aliphatic carbocycles. The molecular formula is C14H24N2O2S. The van der Waals surface area contributed by atoms with Gasteiger partial charge in [0.05, 0.1) is 5.75 Å². The highest BCUT2D eigenvalue weighted by molar-refractivity contribution is 7.89. The molecule has 0 amide bonds. The molecule has 4 nitrogen and oxygen atoms in total. The van der Waals surface area contributed by atoms with E-state index in [1.54, 1.807) is 7.05 Å². The van der Waals surface area contributed by atoms with Crippen molar-refractivity contribution in [1.82, 2.24) is 4.31 Å². The van der Waals surface area contributed by atoms with E-state index in [4.69, 9.17) is 5.73 Å². The predicted molar refractivity (Wildman–Crippen MR) is 79.5 cm³/mol. The molecule has 0 heterocycles. The fourth-order valence-corrected chi connectivity index (χ4v) is 3.69. The Morgan fingerprint density at radius 1 is 1.26 bits per heavy atom. The second-order valence-corrected chi connectivity index (χ2v) is 7.62. The molecule has 1 aromatic carbocycles. The minimum absolute atomic E-state index is 0.0396.